The van der Waals surface area contributed by atoms with Crippen molar-refractivity contribution in [3.05, 3.63) is 51.6 Å². The number of hydrogen-bond donors (Lipinski definition) is 0. The van der Waals surface area contributed by atoms with Gasteiger partial charge in [0.25, 0.3) is 0 Å². The van der Waals surface area contributed by atoms with Crippen LogP contribution in [-0.4, -0.2) is 48.6 Å². The zero-order valence-corrected chi connectivity index (χ0v) is 17.1. The summed E-state index contributed by atoms with van der Waals surface area (Å²) in [5.74, 6) is 1.66. The van der Waals surface area contributed by atoms with Crippen LogP contribution in [0.5, 0.6) is 5.75 Å². The molecule has 27 heavy (non-hydrogen) atoms. The van der Waals surface area contributed by atoms with Crippen molar-refractivity contribution in [2.24, 2.45) is 0 Å². The van der Waals surface area contributed by atoms with Crippen LogP contribution < -0.4 is 9.64 Å². The Morgan fingerprint density at radius 3 is 2.63 bits per heavy atom. The van der Waals surface area contributed by atoms with Crippen LogP contribution in [0.2, 0.25) is 10.0 Å². The zero-order chi connectivity index (χ0) is 19.4. The Labute approximate surface area is 169 Å². The van der Waals surface area contributed by atoms with Gasteiger partial charge in [0.15, 0.2) is 0 Å². The van der Waals surface area contributed by atoms with E-state index in [1.54, 1.807) is 12.3 Å². The number of piperazine rings is 1. The van der Waals surface area contributed by atoms with Gasteiger partial charge in [0.1, 0.15) is 11.6 Å². The topological polar surface area (TPSA) is 45.7 Å². The molecule has 0 atom stereocenters. The molecule has 0 bridgehead atoms. The number of benzene rings is 1. The third-order valence-electron chi connectivity index (χ3n) is 4.85. The number of nitrogens with zero attached hydrogens (tertiary/aromatic N) is 3. The van der Waals surface area contributed by atoms with Crippen LogP contribution in [0, 0.1) is 13.8 Å². The summed E-state index contributed by atoms with van der Waals surface area (Å²) in [6, 6.07) is 7.64. The van der Waals surface area contributed by atoms with Crippen molar-refractivity contribution >= 4 is 34.9 Å². The number of carbonyl (C=O) groups excluding carboxylic acids is 1. The van der Waals surface area contributed by atoms with Crippen molar-refractivity contribution in [2.45, 2.75) is 20.3 Å². The molecule has 1 amide bonds. The maximum Gasteiger partial charge on any atom is 0.226 e. The third-order valence-corrected chi connectivity index (χ3v) is 5.33. The minimum absolute atomic E-state index is 0.107. The minimum Gasteiger partial charge on any atom is -0.493 e. The number of carbonyl (C=O) groups is 1. The van der Waals surface area contributed by atoms with Crippen LogP contribution in [0.15, 0.2) is 30.5 Å². The average Bonchev–Trinajstić information content (AvgIpc) is 2.65. The van der Waals surface area contributed by atoms with E-state index in [-0.39, 0.29) is 5.91 Å². The summed E-state index contributed by atoms with van der Waals surface area (Å²) in [5, 5.41) is 1.05. The van der Waals surface area contributed by atoms with E-state index in [0.29, 0.717) is 55.1 Å². The second kappa shape index (κ2) is 8.81. The molecule has 2 aromatic rings. The van der Waals surface area contributed by atoms with Crippen molar-refractivity contribution in [1.29, 1.82) is 0 Å². The van der Waals surface area contributed by atoms with Crippen LogP contribution in [0.1, 0.15) is 17.5 Å². The summed E-state index contributed by atoms with van der Waals surface area (Å²) in [6.45, 7) is 7.13. The molecule has 0 aliphatic carbocycles. The van der Waals surface area contributed by atoms with E-state index in [4.69, 9.17) is 27.9 Å². The van der Waals surface area contributed by atoms with Gasteiger partial charge >= 0.3 is 0 Å². The van der Waals surface area contributed by atoms with Gasteiger partial charge in [0, 0.05) is 32.4 Å². The largest absolute Gasteiger partial charge is 0.493 e. The van der Waals surface area contributed by atoms with Gasteiger partial charge < -0.3 is 14.5 Å². The molecular formula is C20H23Cl2N3O2. The maximum absolute atomic E-state index is 12.5. The molecule has 1 aromatic heterocycles. The lowest BCUT2D eigenvalue weighted by Gasteiger charge is -2.35. The summed E-state index contributed by atoms with van der Waals surface area (Å²) in [4.78, 5) is 20.7. The molecule has 0 N–H and O–H groups in total. The number of hydrogen-bond acceptors (Lipinski definition) is 4. The van der Waals surface area contributed by atoms with Crippen LogP contribution in [-0.2, 0) is 4.79 Å². The second-order valence-corrected chi connectivity index (χ2v) is 7.47. The fourth-order valence-electron chi connectivity index (χ4n) is 3.09. The number of aryl methyl sites for hydroxylation is 1. The Hall–Kier alpha value is -1.98. The fraction of sp³-hybridized carbons (Fsp3) is 0.400. The molecule has 0 saturated carbocycles. The molecule has 3 rings (SSSR count). The second-order valence-electron chi connectivity index (χ2n) is 6.62. The Bertz CT molecular complexity index is 821. The Morgan fingerprint density at radius 2 is 1.93 bits per heavy atom. The molecule has 2 heterocycles. The number of aromatic nitrogens is 1. The van der Waals surface area contributed by atoms with Crippen molar-refractivity contribution < 1.29 is 9.53 Å². The quantitative estimate of drug-likeness (QED) is 0.747. The summed E-state index contributed by atoms with van der Waals surface area (Å²) < 4.78 is 5.80. The molecular weight excluding hydrogens is 385 g/mol. The highest BCUT2D eigenvalue weighted by atomic mass is 35.5. The monoisotopic (exact) mass is 407 g/mol. The fourth-order valence-corrected chi connectivity index (χ4v) is 3.59. The van der Waals surface area contributed by atoms with Crippen molar-refractivity contribution in [3.63, 3.8) is 0 Å². The van der Waals surface area contributed by atoms with Crippen LogP contribution in [0.4, 0.5) is 5.82 Å². The number of ether oxygens (including phenoxy) is 1. The predicted molar refractivity (Wildman–Crippen MR) is 109 cm³/mol. The normalized spacial score (nSPS) is 14.4. The van der Waals surface area contributed by atoms with E-state index in [1.807, 2.05) is 24.0 Å². The van der Waals surface area contributed by atoms with E-state index in [2.05, 4.69) is 22.9 Å². The summed E-state index contributed by atoms with van der Waals surface area (Å²) in [7, 11) is 0. The lowest BCUT2D eigenvalue weighted by atomic mass is 10.1. The highest BCUT2D eigenvalue weighted by molar-refractivity contribution is 6.36. The third kappa shape index (κ3) is 4.85. The van der Waals surface area contributed by atoms with E-state index in [1.165, 1.54) is 5.56 Å². The number of anilines is 1. The Balaban J connectivity index is 1.48. The van der Waals surface area contributed by atoms with Gasteiger partial charge in [-0.05, 0) is 37.1 Å². The Kier molecular flexibility index (Phi) is 6.45. The van der Waals surface area contributed by atoms with E-state index < -0.39 is 0 Å². The zero-order valence-electron chi connectivity index (χ0n) is 15.5. The van der Waals surface area contributed by atoms with Gasteiger partial charge in [0.2, 0.25) is 5.91 Å². The highest BCUT2D eigenvalue weighted by Crippen LogP contribution is 2.27. The number of halogens is 2. The van der Waals surface area contributed by atoms with Crippen LogP contribution in [0.25, 0.3) is 0 Å². The molecule has 1 aromatic carbocycles. The molecule has 0 unspecified atom stereocenters. The van der Waals surface area contributed by atoms with Gasteiger partial charge in [-0.3, -0.25) is 4.79 Å². The Morgan fingerprint density at radius 1 is 1.19 bits per heavy atom. The van der Waals surface area contributed by atoms with Gasteiger partial charge in [-0.15, -0.1) is 0 Å². The molecule has 144 valence electrons. The first-order valence-corrected chi connectivity index (χ1v) is 9.74. The maximum atomic E-state index is 12.5. The molecule has 1 aliphatic heterocycles. The SMILES string of the molecule is Cc1cccc(OCCC(=O)N2CCN(c3ncc(Cl)cc3Cl)CC2)c1C. The minimum atomic E-state index is 0.107. The summed E-state index contributed by atoms with van der Waals surface area (Å²) in [6.07, 6.45) is 1.96. The molecule has 1 fully saturated rings. The van der Waals surface area contributed by atoms with Gasteiger partial charge in [0.05, 0.1) is 23.1 Å². The van der Waals surface area contributed by atoms with E-state index in [0.717, 1.165) is 11.3 Å². The molecule has 1 aliphatic rings. The highest BCUT2D eigenvalue weighted by Gasteiger charge is 2.23. The lowest BCUT2D eigenvalue weighted by molar-refractivity contribution is -0.132. The van der Waals surface area contributed by atoms with Crippen LogP contribution >= 0.6 is 23.2 Å². The summed E-state index contributed by atoms with van der Waals surface area (Å²) in [5.41, 5.74) is 2.30. The van der Waals surface area contributed by atoms with Crippen molar-refractivity contribution in [1.82, 2.24) is 9.88 Å². The van der Waals surface area contributed by atoms with E-state index >= 15 is 0 Å². The van der Waals surface area contributed by atoms with Gasteiger partial charge in [-0.2, -0.15) is 0 Å². The van der Waals surface area contributed by atoms with Crippen molar-refractivity contribution in [3.8, 4) is 5.75 Å². The van der Waals surface area contributed by atoms with E-state index in [9.17, 15) is 4.79 Å². The predicted octanol–water partition coefficient (Wildman–Crippen LogP) is 4.12. The lowest BCUT2D eigenvalue weighted by Crippen LogP contribution is -2.49. The van der Waals surface area contributed by atoms with Crippen molar-refractivity contribution in [2.75, 3.05) is 37.7 Å². The van der Waals surface area contributed by atoms with Gasteiger partial charge in [-0.25, -0.2) is 4.98 Å². The number of rotatable bonds is 5. The number of amides is 1. The molecule has 1 saturated heterocycles. The van der Waals surface area contributed by atoms with Gasteiger partial charge in [-0.1, -0.05) is 35.3 Å². The first-order chi connectivity index (χ1) is 13.0. The molecule has 5 nitrogen and oxygen atoms in total. The van der Waals surface area contributed by atoms with Crippen LogP contribution in [0.3, 0.4) is 0 Å². The molecule has 0 radical (unpaired) electrons. The number of pyridine rings is 1. The first kappa shape index (κ1) is 19.8. The first-order valence-electron chi connectivity index (χ1n) is 8.98. The molecule has 7 heteroatoms. The average molecular weight is 408 g/mol. The standard InChI is InChI=1S/C20H23Cl2N3O2/c1-14-4-3-5-18(15(14)2)27-11-6-19(26)24-7-9-25(10-8-24)20-17(22)12-16(21)13-23-20/h3-5,12-13H,6-11H2,1-2H3. The smallest absolute Gasteiger partial charge is 0.226 e. The summed E-state index contributed by atoms with van der Waals surface area (Å²) >= 11 is 12.1. The molecule has 0 spiro atoms.